The summed E-state index contributed by atoms with van der Waals surface area (Å²) in [4.78, 5) is 13.1. The van der Waals surface area contributed by atoms with Gasteiger partial charge in [-0.2, -0.15) is 5.26 Å². The quantitative estimate of drug-likeness (QED) is 0.926. The lowest BCUT2D eigenvalue weighted by atomic mass is 10.1. The average molecular weight is 270 g/mol. The molecule has 1 amide bonds. The molecule has 0 spiro atoms. The smallest absolute Gasteiger partial charge is 0.242 e. The lowest BCUT2D eigenvalue weighted by Crippen LogP contribution is -2.23. The van der Waals surface area contributed by atoms with Gasteiger partial charge in [0.2, 0.25) is 5.91 Å². The highest BCUT2D eigenvalue weighted by molar-refractivity contribution is 7.09. The fourth-order valence-corrected chi connectivity index (χ4v) is 2.45. The van der Waals surface area contributed by atoms with Crippen molar-refractivity contribution in [3.8, 4) is 6.07 Å². The molecule has 1 aromatic carbocycles. The predicted molar refractivity (Wildman–Crippen MR) is 76.9 cm³/mol. The summed E-state index contributed by atoms with van der Waals surface area (Å²) >= 11 is 1.56. The van der Waals surface area contributed by atoms with Crippen LogP contribution < -0.4 is 5.32 Å². The number of rotatable bonds is 4. The van der Waals surface area contributed by atoms with Gasteiger partial charge in [-0.15, -0.1) is 11.3 Å². The van der Waals surface area contributed by atoms with Gasteiger partial charge in [0.25, 0.3) is 0 Å². The van der Waals surface area contributed by atoms with Crippen LogP contribution in [0.15, 0.2) is 41.8 Å². The molecular weight excluding hydrogens is 256 g/mol. The van der Waals surface area contributed by atoms with Gasteiger partial charge in [0.05, 0.1) is 6.07 Å². The SMILES string of the molecule is Cc1ccc(NC(=O)[C@@H](C#N)Cc2cccs2)cc1. The third-order valence-electron chi connectivity index (χ3n) is 2.78. The number of hydrogen-bond acceptors (Lipinski definition) is 3. The summed E-state index contributed by atoms with van der Waals surface area (Å²) in [5, 5.41) is 13.8. The first-order valence-electron chi connectivity index (χ1n) is 5.98. The molecule has 1 atom stereocenters. The van der Waals surface area contributed by atoms with Gasteiger partial charge in [-0.25, -0.2) is 0 Å². The fourth-order valence-electron chi connectivity index (χ4n) is 1.69. The first kappa shape index (κ1) is 13.3. The highest BCUT2D eigenvalue weighted by Crippen LogP contribution is 2.16. The molecule has 0 bridgehead atoms. The fraction of sp³-hybridized carbons (Fsp3) is 0.200. The number of nitriles is 1. The topological polar surface area (TPSA) is 52.9 Å². The van der Waals surface area contributed by atoms with Crippen LogP contribution in [0.2, 0.25) is 0 Å². The van der Waals surface area contributed by atoms with Crippen LogP contribution >= 0.6 is 11.3 Å². The van der Waals surface area contributed by atoms with Crippen molar-refractivity contribution in [1.82, 2.24) is 0 Å². The van der Waals surface area contributed by atoms with Gasteiger partial charge in [-0.3, -0.25) is 4.79 Å². The lowest BCUT2D eigenvalue weighted by molar-refractivity contribution is -0.118. The molecule has 0 radical (unpaired) electrons. The van der Waals surface area contributed by atoms with Crippen LogP contribution in [0.1, 0.15) is 10.4 Å². The van der Waals surface area contributed by atoms with Gasteiger partial charge < -0.3 is 5.32 Å². The molecule has 0 saturated heterocycles. The minimum atomic E-state index is -0.653. The van der Waals surface area contributed by atoms with E-state index in [4.69, 9.17) is 5.26 Å². The molecule has 19 heavy (non-hydrogen) atoms. The second-order valence-electron chi connectivity index (χ2n) is 4.32. The maximum atomic E-state index is 12.0. The Morgan fingerprint density at radius 2 is 2.11 bits per heavy atom. The summed E-state index contributed by atoms with van der Waals surface area (Å²) in [5.74, 6) is -0.903. The van der Waals surface area contributed by atoms with Gasteiger partial charge in [0.15, 0.2) is 0 Å². The molecule has 0 aliphatic heterocycles. The average Bonchev–Trinajstić information content (AvgIpc) is 2.91. The van der Waals surface area contributed by atoms with Crippen LogP contribution in [0.25, 0.3) is 0 Å². The molecular formula is C15H14N2OS. The van der Waals surface area contributed by atoms with E-state index in [-0.39, 0.29) is 5.91 Å². The first-order valence-corrected chi connectivity index (χ1v) is 6.86. The largest absolute Gasteiger partial charge is 0.325 e. The van der Waals surface area contributed by atoms with Gasteiger partial charge in [-0.1, -0.05) is 23.8 Å². The molecule has 1 aromatic heterocycles. The van der Waals surface area contributed by atoms with E-state index in [0.717, 1.165) is 16.1 Å². The number of benzene rings is 1. The molecule has 2 rings (SSSR count). The molecule has 4 heteroatoms. The number of nitrogens with zero attached hydrogens (tertiary/aromatic N) is 1. The maximum absolute atomic E-state index is 12.0. The Morgan fingerprint density at radius 1 is 1.37 bits per heavy atom. The number of anilines is 1. The van der Waals surface area contributed by atoms with Gasteiger partial charge in [0, 0.05) is 17.0 Å². The van der Waals surface area contributed by atoms with Crippen molar-refractivity contribution in [2.45, 2.75) is 13.3 Å². The molecule has 0 aliphatic rings. The van der Waals surface area contributed by atoms with Gasteiger partial charge in [0.1, 0.15) is 5.92 Å². The molecule has 0 fully saturated rings. The Hall–Kier alpha value is -2.12. The highest BCUT2D eigenvalue weighted by Gasteiger charge is 2.18. The molecule has 0 aliphatic carbocycles. The van der Waals surface area contributed by atoms with Crippen LogP contribution in [0.5, 0.6) is 0 Å². The summed E-state index contributed by atoms with van der Waals surface area (Å²) in [6.45, 7) is 1.99. The number of amides is 1. The van der Waals surface area contributed by atoms with Crippen molar-refractivity contribution in [3.63, 3.8) is 0 Å². The number of carbonyl (C=O) groups is 1. The van der Waals surface area contributed by atoms with E-state index < -0.39 is 5.92 Å². The second kappa shape index (κ2) is 6.17. The number of carbonyl (C=O) groups excluding carboxylic acids is 1. The molecule has 0 unspecified atom stereocenters. The normalized spacial score (nSPS) is 11.6. The van der Waals surface area contributed by atoms with Crippen LogP contribution in [0, 0.1) is 24.2 Å². The third kappa shape index (κ3) is 3.67. The van der Waals surface area contributed by atoms with Crippen LogP contribution in [0.4, 0.5) is 5.69 Å². The Bertz CT molecular complexity index is 582. The molecule has 96 valence electrons. The lowest BCUT2D eigenvalue weighted by Gasteiger charge is -2.09. The summed E-state index contributed by atoms with van der Waals surface area (Å²) in [6, 6.07) is 13.5. The highest BCUT2D eigenvalue weighted by atomic mass is 32.1. The van der Waals surface area contributed by atoms with Gasteiger partial charge >= 0.3 is 0 Å². The van der Waals surface area contributed by atoms with E-state index in [0.29, 0.717) is 6.42 Å². The summed E-state index contributed by atoms with van der Waals surface area (Å²) in [6.07, 6.45) is 0.464. The van der Waals surface area contributed by atoms with Crippen LogP contribution in [-0.2, 0) is 11.2 Å². The minimum absolute atomic E-state index is 0.250. The first-order chi connectivity index (χ1) is 9.19. The molecule has 2 aromatic rings. The zero-order valence-corrected chi connectivity index (χ0v) is 11.4. The Kier molecular flexibility index (Phi) is 4.32. The standard InChI is InChI=1S/C15H14N2OS/c1-11-4-6-13(7-5-11)17-15(18)12(10-16)9-14-3-2-8-19-14/h2-8,12H,9H2,1H3,(H,17,18)/t12-/m1/s1. The zero-order valence-electron chi connectivity index (χ0n) is 10.6. The van der Waals surface area contributed by atoms with Gasteiger partial charge in [-0.05, 0) is 30.5 Å². The zero-order chi connectivity index (χ0) is 13.7. The Morgan fingerprint density at radius 3 is 2.68 bits per heavy atom. The molecule has 1 N–H and O–H groups in total. The Labute approximate surface area is 116 Å². The van der Waals surface area contributed by atoms with E-state index in [1.54, 1.807) is 11.3 Å². The minimum Gasteiger partial charge on any atom is -0.325 e. The monoisotopic (exact) mass is 270 g/mol. The van der Waals surface area contributed by atoms with E-state index in [1.165, 1.54) is 0 Å². The number of nitrogens with one attached hydrogen (secondary N) is 1. The van der Waals surface area contributed by atoms with Crippen molar-refractivity contribution < 1.29 is 4.79 Å². The predicted octanol–water partition coefficient (Wildman–Crippen LogP) is 3.38. The van der Waals surface area contributed by atoms with E-state index in [2.05, 4.69) is 11.4 Å². The number of thiophene rings is 1. The third-order valence-corrected chi connectivity index (χ3v) is 3.68. The van der Waals surface area contributed by atoms with Crippen molar-refractivity contribution in [2.24, 2.45) is 5.92 Å². The van der Waals surface area contributed by atoms with Crippen LogP contribution in [0.3, 0.4) is 0 Å². The maximum Gasteiger partial charge on any atom is 0.242 e. The second-order valence-corrected chi connectivity index (χ2v) is 5.35. The molecule has 3 nitrogen and oxygen atoms in total. The van der Waals surface area contributed by atoms with E-state index in [9.17, 15) is 4.79 Å². The van der Waals surface area contributed by atoms with Crippen molar-refractivity contribution in [3.05, 3.63) is 52.2 Å². The Balaban J connectivity index is 2.01. The van der Waals surface area contributed by atoms with E-state index >= 15 is 0 Å². The van der Waals surface area contributed by atoms with Crippen molar-refractivity contribution in [1.29, 1.82) is 5.26 Å². The molecule has 0 saturated carbocycles. The molecule has 1 heterocycles. The summed E-state index contributed by atoms with van der Waals surface area (Å²) in [7, 11) is 0. The van der Waals surface area contributed by atoms with E-state index in [1.807, 2.05) is 48.7 Å². The number of aryl methyl sites for hydroxylation is 1. The van der Waals surface area contributed by atoms with Crippen molar-refractivity contribution >= 4 is 22.9 Å². The summed E-state index contributed by atoms with van der Waals surface area (Å²) < 4.78 is 0. The summed E-state index contributed by atoms with van der Waals surface area (Å²) in [5.41, 5.74) is 1.86. The number of hydrogen-bond donors (Lipinski definition) is 1. The van der Waals surface area contributed by atoms with Crippen molar-refractivity contribution in [2.75, 3.05) is 5.32 Å². The van der Waals surface area contributed by atoms with Crippen LogP contribution in [-0.4, -0.2) is 5.91 Å².